The molecule has 6 heteroatoms. The van der Waals surface area contributed by atoms with Crippen LogP contribution in [-0.2, 0) is 11.3 Å². The number of halogens is 1. The third-order valence-electron chi connectivity index (χ3n) is 4.52. The Labute approximate surface area is 171 Å². The molecule has 2 aromatic carbocycles. The normalized spacial score (nSPS) is 11.8. The SMILES string of the molecule is Cc1ccc(Cl)c(OC(C)C(=O)NCc2ccc(C(=O)N(C)C(C)C)cc2)c1. The highest BCUT2D eigenvalue weighted by Gasteiger charge is 2.17. The van der Waals surface area contributed by atoms with Gasteiger partial charge in [0.25, 0.3) is 11.8 Å². The molecule has 0 heterocycles. The van der Waals surface area contributed by atoms with E-state index in [1.54, 1.807) is 43.1 Å². The predicted octanol–water partition coefficient (Wildman–Crippen LogP) is 4.21. The fraction of sp³-hybridized carbons (Fsp3) is 0.364. The number of rotatable bonds is 7. The molecule has 0 spiro atoms. The number of nitrogens with one attached hydrogen (secondary N) is 1. The second-order valence-electron chi connectivity index (χ2n) is 7.12. The van der Waals surface area contributed by atoms with E-state index >= 15 is 0 Å². The fourth-order valence-electron chi connectivity index (χ4n) is 2.48. The van der Waals surface area contributed by atoms with Crippen molar-refractivity contribution < 1.29 is 14.3 Å². The van der Waals surface area contributed by atoms with Gasteiger partial charge in [-0.2, -0.15) is 0 Å². The van der Waals surface area contributed by atoms with E-state index < -0.39 is 6.10 Å². The number of benzene rings is 2. The van der Waals surface area contributed by atoms with Crippen molar-refractivity contribution in [1.29, 1.82) is 0 Å². The lowest BCUT2D eigenvalue weighted by atomic mass is 10.1. The van der Waals surface area contributed by atoms with E-state index in [4.69, 9.17) is 16.3 Å². The topological polar surface area (TPSA) is 58.6 Å². The van der Waals surface area contributed by atoms with Crippen molar-refractivity contribution in [3.05, 3.63) is 64.2 Å². The van der Waals surface area contributed by atoms with Crippen molar-refractivity contribution in [3.63, 3.8) is 0 Å². The van der Waals surface area contributed by atoms with E-state index in [-0.39, 0.29) is 17.9 Å². The summed E-state index contributed by atoms with van der Waals surface area (Å²) in [5.74, 6) is 0.223. The third-order valence-corrected chi connectivity index (χ3v) is 4.83. The molecule has 0 bridgehead atoms. The van der Waals surface area contributed by atoms with Crippen LogP contribution in [0, 0.1) is 6.92 Å². The van der Waals surface area contributed by atoms with Gasteiger partial charge >= 0.3 is 0 Å². The Balaban J connectivity index is 1.91. The summed E-state index contributed by atoms with van der Waals surface area (Å²) < 4.78 is 5.68. The Morgan fingerprint density at radius 3 is 2.36 bits per heavy atom. The molecule has 28 heavy (non-hydrogen) atoms. The van der Waals surface area contributed by atoms with Crippen molar-refractivity contribution in [2.75, 3.05) is 7.05 Å². The second-order valence-corrected chi connectivity index (χ2v) is 7.53. The highest BCUT2D eigenvalue weighted by atomic mass is 35.5. The third kappa shape index (κ3) is 5.73. The summed E-state index contributed by atoms with van der Waals surface area (Å²) in [7, 11) is 1.78. The summed E-state index contributed by atoms with van der Waals surface area (Å²) in [4.78, 5) is 26.3. The molecule has 0 aliphatic heterocycles. The minimum Gasteiger partial charge on any atom is -0.479 e. The number of aryl methyl sites for hydroxylation is 1. The smallest absolute Gasteiger partial charge is 0.261 e. The average molecular weight is 403 g/mol. The lowest BCUT2D eigenvalue weighted by Gasteiger charge is -2.21. The van der Waals surface area contributed by atoms with Gasteiger partial charge in [0.05, 0.1) is 5.02 Å². The van der Waals surface area contributed by atoms with Gasteiger partial charge < -0.3 is 15.0 Å². The molecule has 2 amide bonds. The summed E-state index contributed by atoms with van der Waals surface area (Å²) in [6.07, 6.45) is -0.681. The molecular weight excluding hydrogens is 376 g/mol. The molecule has 2 aromatic rings. The Kier molecular flexibility index (Phi) is 7.46. The molecule has 0 aliphatic carbocycles. The van der Waals surface area contributed by atoms with Crippen LogP contribution in [0.4, 0.5) is 0 Å². The lowest BCUT2D eigenvalue weighted by molar-refractivity contribution is -0.127. The van der Waals surface area contributed by atoms with Gasteiger partial charge in [-0.3, -0.25) is 9.59 Å². The van der Waals surface area contributed by atoms with E-state index in [1.165, 1.54) is 0 Å². The van der Waals surface area contributed by atoms with Crippen molar-refractivity contribution in [3.8, 4) is 5.75 Å². The van der Waals surface area contributed by atoms with Gasteiger partial charge in [-0.1, -0.05) is 29.8 Å². The molecule has 0 saturated heterocycles. The number of hydrogen-bond donors (Lipinski definition) is 1. The molecule has 5 nitrogen and oxygen atoms in total. The molecule has 1 atom stereocenters. The van der Waals surface area contributed by atoms with Crippen LogP contribution < -0.4 is 10.1 Å². The number of ether oxygens (including phenoxy) is 1. The van der Waals surface area contributed by atoms with E-state index in [2.05, 4.69) is 5.32 Å². The van der Waals surface area contributed by atoms with Gasteiger partial charge in [0.15, 0.2) is 6.10 Å². The van der Waals surface area contributed by atoms with E-state index in [1.807, 2.05) is 39.0 Å². The van der Waals surface area contributed by atoms with Crippen molar-refractivity contribution >= 4 is 23.4 Å². The Morgan fingerprint density at radius 2 is 1.75 bits per heavy atom. The first-order valence-corrected chi connectivity index (χ1v) is 9.63. The lowest BCUT2D eigenvalue weighted by Crippen LogP contribution is -2.36. The van der Waals surface area contributed by atoms with Gasteiger partial charge in [0, 0.05) is 25.2 Å². The zero-order valence-electron chi connectivity index (χ0n) is 17.0. The highest BCUT2D eigenvalue weighted by Crippen LogP contribution is 2.26. The molecule has 1 N–H and O–H groups in total. The van der Waals surface area contributed by atoms with Crippen molar-refractivity contribution in [2.24, 2.45) is 0 Å². The number of amides is 2. The van der Waals surface area contributed by atoms with E-state index in [0.29, 0.717) is 22.9 Å². The summed E-state index contributed by atoms with van der Waals surface area (Å²) in [6.45, 7) is 7.89. The van der Waals surface area contributed by atoms with Gasteiger partial charge in [-0.25, -0.2) is 0 Å². The zero-order valence-corrected chi connectivity index (χ0v) is 17.7. The molecule has 2 rings (SSSR count). The van der Waals surface area contributed by atoms with Crippen LogP contribution in [0.25, 0.3) is 0 Å². The van der Waals surface area contributed by atoms with Crippen LogP contribution >= 0.6 is 11.6 Å². The van der Waals surface area contributed by atoms with E-state index in [9.17, 15) is 9.59 Å². The van der Waals surface area contributed by atoms with Crippen LogP contribution in [0.1, 0.15) is 42.3 Å². The van der Waals surface area contributed by atoms with Gasteiger partial charge in [0.2, 0.25) is 0 Å². The fourth-order valence-corrected chi connectivity index (χ4v) is 2.64. The summed E-state index contributed by atoms with van der Waals surface area (Å²) in [6, 6.07) is 12.8. The minimum absolute atomic E-state index is 0.0253. The van der Waals surface area contributed by atoms with Gasteiger partial charge in [-0.05, 0) is 63.1 Å². The average Bonchev–Trinajstić information content (AvgIpc) is 2.68. The van der Waals surface area contributed by atoms with Crippen LogP contribution in [-0.4, -0.2) is 35.9 Å². The Bertz CT molecular complexity index is 834. The zero-order chi connectivity index (χ0) is 20.8. The van der Waals surface area contributed by atoms with Crippen LogP contribution in [0.2, 0.25) is 5.02 Å². The van der Waals surface area contributed by atoms with Crippen LogP contribution in [0.5, 0.6) is 5.75 Å². The quantitative estimate of drug-likeness (QED) is 0.754. The number of hydrogen-bond acceptors (Lipinski definition) is 3. The maximum atomic E-state index is 12.3. The van der Waals surface area contributed by atoms with Gasteiger partial charge in [0.1, 0.15) is 5.75 Å². The molecule has 0 fully saturated rings. The number of carbonyl (C=O) groups is 2. The monoisotopic (exact) mass is 402 g/mol. The van der Waals surface area contributed by atoms with Crippen molar-refractivity contribution in [2.45, 2.75) is 46.4 Å². The molecule has 1 unspecified atom stereocenters. The largest absolute Gasteiger partial charge is 0.479 e. The summed E-state index contributed by atoms with van der Waals surface area (Å²) >= 11 is 6.11. The summed E-state index contributed by atoms with van der Waals surface area (Å²) in [5.41, 5.74) is 2.53. The number of carbonyl (C=O) groups excluding carboxylic acids is 2. The first-order valence-electron chi connectivity index (χ1n) is 9.25. The van der Waals surface area contributed by atoms with Gasteiger partial charge in [-0.15, -0.1) is 0 Å². The molecule has 0 radical (unpaired) electrons. The minimum atomic E-state index is -0.681. The Hall–Kier alpha value is -2.53. The van der Waals surface area contributed by atoms with Crippen LogP contribution in [0.15, 0.2) is 42.5 Å². The highest BCUT2D eigenvalue weighted by molar-refractivity contribution is 6.32. The second kappa shape index (κ2) is 9.60. The molecule has 0 aliphatic rings. The van der Waals surface area contributed by atoms with Crippen molar-refractivity contribution in [1.82, 2.24) is 10.2 Å². The first kappa shape index (κ1) is 21.8. The predicted molar refractivity (Wildman–Crippen MR) is 112 cm³/mol. The molecular formula is C22H27ClN2O3. The molecule has 150 valence electrons. The summed E-state index contributed by atoms with van der Waals surface area (Å²) in [5, 5.41) is 3.31. The Morgan fingerprint density at radius 1 is 1.11 bits per heavy atom. The first-order chi connectivity index (χ1) is 13.2. The number of nitrogens with zero attached hydrogens (tertiary/aromatic N) is 1. The van der Waals surface area contributed by atoms with E-state index in [0.717, 1.165) is 11.1 Å². The standard InChI is InChI=1S/C22H27ClN2O3/c1-14(2)25(5)22(27)18-9-7-17(8-10-18)13-24-21(26)16(4)28-20-12-15(3)6-11-19(20)23/h6-12,14,16H,13H2,1-5H3,(H,24,26). The van der Waals surface area contributed by atoms with Crippen LogP contribution in [0.3, 0.4) is 0 Å². The molecule has 0 saturated carbocycles. The maximum absolute atomic E-state index is 12.3. The maximum Gasteiger partial charge on any atom is 0.261 e. The molecule has 0 aromatic heterocycles.